The summed E-state index contributed by atoms with van der Waals surface area (Å²) in [4.78, 5) is 15.2. The molecule has 0 unspecified atom stereocenters. The van der Waals surface area contributed by atoms with E-state index in [4.69, 9.17) is 20.8 Å². The van der Waals surface area contributed by atoms with E-state index < -0.39 is 5.82 Å². The van der Waals surface area contributed by atoms with Crippen LogP contribution in [0.5, 0.6) is 5.75 Å². The zero-order chi connectivity index (χ0) is 17.1. The van der Waals surface area contributed by atoms with Crippen molar-refractivity contribution in [2.24, 2.45) is 0 Å². The minimum Gasteiger partial charge on any atom is -0.487 e. The summed E-state index contributed by atoms with van der Waals surface area (Å²) >= 11 is 5.87. The van der Waals surface area contributed by atoms with Gasteiger partial charge in [0, 0.05) is 10.6 Å². The number of carbonyl (C=O) groups excluding carboxylic acids is 1. The smallest absolute Gasteiger partial charge is 0.226 e. The van der Waals surface area contributed by atoms with Crippen LogP contribution in [0.25, 0.3) is 11.5 Å². The van der Waals surface area contributed by atoms with E-state index in [2.05, 4.69) is 4.98 Å². The first kappa shape index (κ1) is 16.2. The summed E-state index contributed by atoms with van der Waals surface area (Å²) in [6.45, 7) is 1.93. The van der Waals surface area contributed by atoms with E-state index in [1.165, 1.54) is 18.2 Å². The van der Waals surface area contributed by atoms with Gasteiger partial charge in [-0.2, -0.15) is 0 Å². The Balaban J connectivity index is 1.76. The Morgan fingerprint density at radius 3 is 2.71 bits per heavy atom. The number of rotatable bonds is 5. The molecule has 0 saturated heterocycles. The lowest BCUT2D eigenvalue weighted by Crippen LogP contribution is -1.99. The molecule has 0 fully saturated rings. The first-order valence-corrected chi connectivity index (χ1v) is 7.54. The van der Waals surface area contributed by atoms with Gasteiger partial charge in [-0.25, -0.2) is 9.37 Å². The second-order valence-electron chi connectivity index (χ2n) is 5.12. The van der Waals surface area contributed by atoms with Crippen molar-refractivity contribution in [1.82, 2.24) is 4.98 Å². The Hall–Kier alpha value is -2.66. The quantitative estimate of drug-likeness (QED) is 0.621. The molecule has 122 valence electrons. The van der Waals surface area contributed by atoms with Crippen molar-refractivity contribution in [2.45, 2.75) is 13.5 Å². The molecular weight excluding hydrogens is 333 g/mol. The van der Waals surface area contributed by atoms with Gasteiger partial charge in [0.2, 0.25) is 5.89 Å². The van der Waals surface area contributed by atoms with Crippen molar-refractivity contribution in [3.63, 3.8) is 0 Å². The molecule has 6 heteroatoms. The predicted octanol–water partition coefficient (Wildman–Crippen LogP) is 4.83. The third-order valence-corrected chi connectivity index (χ3v) is 3.71. The van der Waals surface area contributed by atoms with Gasteiger partial charge in [0.15, 0.2) is 6.29 Å². The van der Waals surface area contributed by atoms with Crippen LogP contribution >= 0.6 is 11.6 Å². The Kier molecular flexibility index (Phi) is 4.62. The maximum absolute atomic E-state index is 13.3. The van der Waals surface area contributed by atoms with E-state index in [9.17, 15) is 9.18 Å². The highest BCUT2D eigenvalue weighted by atomic mass is 35.5. The van der Waals surface area contributed by atoms with Crippen molar-refractivity contribution in [1.29, 1.82) is 0 Å². The molecule has 0 saturated carbocycles. The summed E-state index contributed by atoms with van der Waals surface area (Å²) in [6.07, 6.45) is 0.447. The number of nitrogens with zero attached hydrogens (tertiary/aromatic N) is 1. The number of halogens is 2. The molecule has 1 aromatic heterocycles. The van der Waals surface area contributed by atoms with Gasteiger partial charge in [0.25, 0.3) is 0 Å². The number of aryl methyl sites for hydroxylation is 1. The summed E-state index contributed by atoms with van der Waals surface area (Å²) < 4.78 is 24.5. The van der Waals surface area contributed by atoms with Crippen molar-refractivity contribution >= 4 is 17.9 Å². The van der Waals surface area contributed by atoms with Crippen molar-refractivity contribution < 1.29 is 18.3 Å². The number of hydrogen-bond donors (Lipinski definition) is 0. The maximum Gasteiger partial charge on any atom is 0.226 e. The third-order valence-electron chi connectivity index (χ3n) is 3.45. The van der Waals surface area contributed by atoms with Crippen molar-refractivity contribution in [2.75, 3.05) is 0 Å². The minimum absolute atomic E-state index is 0.0498. The molecule has 0 atom stereocenters. The number of carbonyl (C=O) groups is 1. The lowest BCUT2D eigenvalue weighted by molar-refractivity contribution is 0.111. The lowest BCUT2D eigenvalue weighted by Gasteiger charge is -2.05. The van der Waals surface area contributed by atoms with E-state index in [1.807, 2.05) is 12.1 Å². The fourth-order valence-electron chi connectivity index (χ4n) is 2.13. The number of oxazole rings is 1. The standard InChI is InChI=1S/C18H13ClFNO3/c1-11-17(10-23-15-6-7-16(20)13(8-15)9-22)21-18(24-11)12-2-4-14(19)5-3-12/h2-9H,10H2,1H3. The van der Waals surface area contributed by atoms with Gasteiger partial charge in [0.05, 0.1) is 5.56 Å². The third kappa shape index (κ3) is 3.46. The van der Waals surface area contributed by atoms with Gasteiger partial charge in [-0.05, 0) is 49.4 Å². The van der Waals surface area contributed by atoms with Crippen LogP contribution in [0.1, 0.15) is 21.8 Å². The summed E-state index contributed by atoms with van der Waals surface area (Å²) in [5.74, 6) is 0.891. The van der Waals surface area contributed by atoms with E-state index >= 15 is 0 Å². The molecule has 0 amide bonds. The number of hydrogen-bond acceptors (Lipinski definition) is 4. The average Bonchev–Trinajstić information content (AvgIpc) is 2.95. The molecular formula is C18H13ClFNO3. The highest BCUT2D eigenvalue weighted by Crippen LogP contribution is 2.24. The molecule has 0 N–H and O–H groups in total. The Bertz CT molecular complexity index is 874. The second-order valence-corrected chi connectivity index (χ2v) is 5.56. The average molecular weight is 346 g/mol. The molecule has 3 rings (SSSR count). The van der Waals surface area contributed by atoms with Gasteiger partial charge in [-0.15, -0.1) is 0 Å². The van der Waals surface area contributed by atoms with Crippen LogP contribution in [-0.2, 0) is 6.61 Å². The van der Waals surface area contributed by atoms with Gasteiger partial charge in [0.1, 0.15) is 29.6 Å². The summed E-state index contributed by atoms with van der Waals surface area (Å²) in [5.41, 5.74) is 1.38. The monoisotopic (exact) mass is 345 g/mol. The number of ether oxygens (including phenoxy) is 1. The molecule has 24 heavy (non-hydrogen) atoms. The molecule has 0 spiro atoms. The number of aldehydes is 1. The summed E-state index contributed by atoms with van der Waals surface area (Å²) in [5, 5.41) is 0.632. The fraction of sp³-hybridized carbons (Fsp3) is 0.111. The maximum atomic E-state index is 13.3. The van der Waals surface area contributed by atoms with Gasteiger partial charge in [-0.3, -0.25) is 4.79 Å². The number of benzene rings is 2. The van der Waals surface area contributed by atoms with Crippen LogP contribution in [0.15, 0.2) is 46.9 Å². The Morgan fingerprint density at radius 2 is 2.00 bits per heavy atom. The van der Waals surface area contributed by atoms with Crippen LogP contribution in [0.3, 0.4) is 0 Å². The van der Waals surface area contributed by atoms with E-state index in [-0.39, 0.29) is 12.2 Å². The zero-order valence-electron chi connectivity index (χ0n) is 12.8. The van der Waals surface area contributed by atoms with Crippen molar-refractivity contribution in [3.8, 4) is 17.2 Å². The first-order valence-electron chi connectivity index (χ1n) is 7.16. The van der Waals surface area contributed by atoms with Crippen LogP contribution in [0, 0.1) is 12.7 Å². The Labute approximate surface area is 142 Å². The van der Waals surface area contributed by atoms with E-state index in [0.717, 1.165) is 5.56 Å². The SMILES string of the molecule is Cc1oc(-c2ccc(Cl)cc2)nc1COc1ccc(F)c(C=O)c1. The summed E-state index contributed by atoms with van der Waals surface area (Å²) in [6, 6.07) is 11.1. The van der Waals surface area contributed by atoms with Crippen LogP contribution in [0.2, 0.25) is 5.02 Å². The predicted molar refractivity (Wildman–Crippen MR) is 87.8 cm³/mol. The van der Waals surface area contributed by atoms with Crippen LogP contribution < -0.4 is 4.74 Å². The molecule has 0 radical (unpaired) electrons. The van der Waals surface area contributed by atoms with Crippen molar-refractivity contribution in [3.05, 3.63) is 70.3 Å². The molecule has 3 aromatic rings. The largest absolute Gasteiger partial charge is 0.487 e. The second kappa shape index (κ2) is 6.84. The Morgan fingerprint density at radius 1 is 1.25 bits per heavy atom. The van der Waals surface area contributed by atoms with Gasteiger partial charge < -0.3 is 9.15 Å². The number of aromatic nitrogens is 1. The molecule has 2 aromatic carbocycles. The first-order chi connectivity index (χ1) is 11.6. The highest BCUT2D eigenvalue weighted by molar-refractivity contribution is 6.30. The molecule has 0 aliphatic rings. The van der Waals surface area contributed by atoms with Gasteiger partial charge in [-0.1, -0.05) is 11.6 Å². The minimum atomic E-state index is -0.583. The van der Waals surface area contributed by atoms with Crippen LogP contribution in [0.4, 0.5) is 4.39 Å². The lowest BCUT2D eigenvalue weighted by atomic mass is 10.2. The summed E-state index contributed by atoms with van der Waals surface area (Å²) in [7, 11) is 0. The highest BCUT2D eigenvalue weighted by Gasteiger charge is 2.12. The normalized spacial score (nSPS) is 10.6. The van der Waals surface area contributed by atoms with Crippen LogP contribution in [-0.4, -0.2) is 11.3 Å². The van der Waals surface area contributed by atoms with E-state index in [1.54, 1.807) is 19.1 Å². The molecule has 4 nitrogen and oxygen atoms in total. The van der Waals surface area contributed by atoms with Gasteiger partial charge >= 0.3 is 0 Å². The molecule has 0 bridgehead atoms. The molecule has 1 heterocycles. The fourth-order valence-corrected chi connectivity index (χ4v) is 2.26. The zero-order valence-corrected chi connectivity index (χ0v) is 13.5. The molecule has 0 aliphatic heterocycles. The topological polar surface area (TPSA) is 52.3 Å². The molecule has 0 aliphatic carbocycles. The van der Waals surface area contributed by atoms with E-state index in [0.29, 0.717) is 34.4 Å².